The monoisotopic (exact) mass is 310 g/mol. The van der Waals surface area contributed by atoms with E-state index >= 15 is 0 Å². The molecule has 0 saturated carbocycles. The Balaban J connectivity index is 2.80. The Bertz CT molecular complexity index is 486. The Hall–Kier alpha value is -0.330. The number of hydrogen-bond acceptors (Lipinski definition) is 3. The Morgan fingerprint density at radius 3 is 2.28 bits per heavy atom. The Labute approximate surface area is 118 Å². The van der Waals surface area contributed by atoms with Crippen molar-refractivity contribution in [2.75, 3.05) is 13.1 Å². The largest absolute Gasteiger partial charge is 0.313 e. The van der Waals surface area contributed by atoms with Crippen molar-refractivity contribution in [3.8, 4) is 0 Å². The molecule has 0 radical (unpaired) electrons. The molecule has 1 rings (SSSR count). The fourth-order valence-corrected chi connectivity index (χ4v) is 3.28. The maximum absolute atomic E-state index is 12.0. The van der Waals surface area contributed by atoms with Gasteiger partial charge in [0, 0.05) is 22.6 Å². The van der Waals surface area contributed by atoms with Crippen LogP contribution >= 0.6 is 23.2 Å². The van der Waals surface area contributed by atoms with Crippen molar-refractivity contribution in [3.05, 3.63) is 28.2 Å². The third-order valence-electron chi connectivity index (χ3n) is 2.28. The minimum Gasteiger partial charge on any atom is -0.313 e. The zero-order valence-electron chi connectivity index (χ0n) is 10.2. The molecule has 7 heteroatoms. The highest BCUT2D eigenvalue weighted by Crippen LogP contribution is 2.22. The van der Waals surface area contributed by atoms with E-state index < -0.39 is 10.0 Å². The molecule has 4 nitrogen and oxygen atoms in total. The van der Waals surface area contributed by atoms with Crippen molar-refractivity contribution in [1.82, 2.24) is 10.0 Å². The molecule has 2 N–H and O–H groups in total. The molecule has 0 heterocycles. The summed E-state index contributed by atoms with van der Waals surface area (Å²) in [6.07, 6.45) is 0. The van der Waals surface area contributed by atoms with Gasteiger partial charge in [-0.25, -0.2) is 13.1 Å². The van der Waals surface area contributed by atoms with Crippen LogP contribution in [0.2, 0.25) is 10.0 Å². The molecular weight excluding hydrogens is 295 g/mol. The van der Waals surface area contributed by atoms with Crippen LogP contribution in [0.3, 0.4) is 0 Å². The second kappa shape index (κ2) is 6.73. The van der Waals surface area contributed by atoms with Gasteiger partial charge in [-0.1, -0.05) is 30.1 Å². The quantitative estimate of drug-likeness (QED) is 0.847. The second-order valence-corrected chi connectivity index (χ2v) is 6.56. The summed E-state index contributed by atoms with van der Waals surface area (Å²) in [5.74, 6) is 0. The van der Waals surface area contributed by atoms with Gasteiger partial charge >= 0.3 is 0 Å². The van der Waals surface area contributed by atoms with Crippen LogP contribution in [0.25, 0.3) is 0 Å². The number of likely N-dealkylation sites (N-methyl/N-ethyl adjacent to an activating group) is 1. The summed E-state index contributed by atoms with van der Waals surface area (Å²) in [4.78, 5) is 0.0729. The first-order chi connectivity index (χ1) is 8.35. The molecule has 18 heavy (non-hydrogen) atoms. The van der Waals surface area contributed by atoms with Crippen LogP contribution in [-0.2, 0) is 10.0 Å². The minimum atomic E-state index is -3.58. The summed E-state index contributed by atoms with van der Waals surface area (Å²) in [5.41, 5.74) is 0. The number of benzene rings is 1. The minimum absolute atomic E-state index is 0.0550. The summed E-state index contributed by atoms with van der Waals surface area (Å²) in [6.45, 7) is 4.95. The summed E-state index contributed by atoms with van der Waals surface area (Å²) in [6, 6.07) is 4.28. The molecule has 1 aromatic carbocycles. The SMILES string of the molecule is CCN[C@H](C)CNS(=O)(=O)c1cc(Cl)cc(Cl)c1. The van der Waals surface area contributed by atoms with Crippen LogP contribution in [0.1, 0.15) is 13.8 Å². The fourth-order valence-electron chi connectivity index (χ4n) is 1.42. The number of sulfonamides is 1. The van der Waals surface area contributed by atoms with Gasteiger partial charge in [0.1, 0.15) is 0 Å². The van der Waals surface area contributed by atoms with Gasteiger partial charge < -0.3 is 5.32 Å². The molecule has 102 valence electrons. The molecule has 0 bridgehead atoms. The molecule has 0 spiro atoms. The average Bonchev–Trinajstić information content (AvgIpc) is 2.26. The summed E-state index contributed by atoms with van der Waals surface area (Å²) in [7, 11) is -3.58. The number of rotatable bonds is 6. The van der Waals surface area contributed by atoms with Gasteiger partial charge in [0.05, 0.1) is 4.90 Å². The molecular formula is C11H16Cl2N2O2S. The van der Waals surface area contributed by atoms with E-state index in [1.54, 1.807) is 0 Å². The molecule has 0 amide bonds. The van der Waals surface area contributed by atoms with E-state index in [0.29, 0.717) is 16.6 Å². The average molecular weight is 311 g/mol. The lowest BCUT2D eigenvalue weighted by atomic mass is 10.3. The van der Waals surface area contributed by atoms with Crippen LogP contribution in [0.5, 0.6) is 0 Å². The van der Waals surface area contributed by atoms with E-state index in [2.05, 4.69) is 10.0 Å². The predicted molar refractivity (Wildman–Crippen MR) is 74.8 cm³/mol. The Morgan fingerprint density at radius 1 is 1.22 bits per heavy atom. The molecule has 0 aromatic heterocycles. The summed E-state index contributed by atoms with van der Waals surface area (Å²) in [5, 5.41) is 3.70. The first-order valence-electron chi connectivity index (χ1n) is 5.54. The lowest BCUT2D eigenvalue weighted by Gasteiger charge is -2.13. The number of nitrogens with one attached hydrogen (secondary N) is 2. The molecule has 0 saturated heterocycles. The zero-order valence-corrected chi connectivity index (χ0v) is 12.5. The third-order valence-corrected chi connectivity index (χ3v) is 4.12. The van der Waals surface area contributed by atoms with Crippen molar-refractivity contribution in [1.29, 1.82) is 0 Å². The van der Waals surface area contributed by atoms with Gasteiger partial charge in [-0.2, -0.15) is 0 Å². The van der Waals surface area contributed by atoms with Crippen molar-refractivity contribution >= 4 is 33.2 Å². The van der Waals surface area contributed by atoms with E-state index in [0.717, 1.165) is 6.54 Å². The van der Waals surface area contributed by atoms with Crippen LogP contribution in [0.4, 0.5) is 0 Å². The standard InChI is InChI=1S/C11H16Cl2N2O2S/c1-3-14-8(2)7-15-18(16,17)11-5-9(12)4-10(13)6-11/h4-6,8,14-15H,3,7H2,1-2H3/t8-/m1/s1. The van der Waals surface area contributed by atoms with E-state index in [9.17, 15) is 8.42 Å². The molecule has 0 aliphatic carbocycles. The van der Waals surface area contributed by atoms with Gasteiger partial charge in [-0.15, -0.1) is 0 Å². The van der Waals surface area contributed by atoms with E-state index in [4.69, 9.17) is 23.2 Å². The van der Waals surface area contributed by atoms with E-state index in [1.807, 2.05) is 13.8 Å². The van der Waals surface area contributed by atoms with E-state index in [1.165, 1.54) is 18.2 Å². The van der Waals surface area contributed by atoms with Gasteiger partial charge in [0.2, 0.25) is 10.0 Å². The first kappa shape index (κ1) is 15.7. The summed E-state index contributed by atoms with van der Waals surface area (Å²) < 4.78 is 26.5. The summed E-state index contributed by atoms with van der Waals surface area (Å²) >= 11 is 11.6. The molecule has 1 aromatic rings. The van der Waals surface area contributed by atoms with Crippen LogP contribution in [0, 0.1) is 0 Å². The van der Waals surface area contributed by atoms with Gasteiger partial charge in [-0.05, 0) is 31.7 Å². The smallest absolute Gasteiger partial charge is 0.240 e. The predicted octanol–water partition coefficient (Wildman–Crippen LogP) is 2.27. The van der Waals surface area contributed by atoms with Crippen LogP contribution in [-0.4, -0.2) is 27.5 Å². The van der Waals surface area contributed by atoms with Gasteiger partial charge in [0.15, 0.2) is 0 Å². The molecule has 0 aliphatic rings. The Kier molecular flexibility index (Phi) is 5.88. The first-order valence-corrected chi connectivity index (χ1v) is 7.78. The third kappa shape index (κ3) is 4.74. The van der Waals surface area contributed by atoms with Gasteiger partial charge in [0.25, 0.3) is 0 Å². The van der Waals surface area contributed by atoms with Crippen molar-refractivity contribution in [3.63, 3.8) is 0 Å². The normalized spacial score (nSPS) is 13.6. The maximum atomic E-state index is 12.0. The highest BCUT2D eigenvalue weighted by molar-refractivity contribution is 7.89. The molecule has 0 aliphatic heterocycles. The highest BCUT2D eigenvalue weighted by Gasteiger charge is 2.16. The molecule has 0 unspecified atom stereocenters. The zero-order chi connectivity index (χ0) is 13.8. The lowest BCUT2D eigenvalue weighted by Crippen LogP contribution is -2.38. The topological polar surface area (TPSA) is 58.2 Å². The van der Waals surface area contributed by atoms with Crippen molar-refractivity contribution in [2.45, 2.75) is 24.8 Å². The highest BCUT2D eigenvalue weighted by atomic mass is 35.5. The molecule has 0 fully saturated rings. The van der Waals surface area contributed by atoms with Crippen LogP contribution < -0.4 is 10.0 Å². The number of hydrogen-bond donors (Lipinski definition) is 2. The fraction of sp³-hybridized carbons (Fsp3) is 0.455. The lowest BCUT2D eigenvalue weighted by molar-refractivity contribution is 0.536. The van der Waals surface area contributed by atoms with Gasteiger partial charge in [-0.3, -0.25) is 0 Å². The Morgan fingerprint density at radius 2 is 1.78 bits per heavy atom. The van der Waals surface area contributed by atoms with Crippen molar-refractivity contribution in [2.24, 2.45) is 0 Å². The van der Waals surface area contributed by atoms with Crippen molar-refractivity contribution < 1.29 is 8.42 Å². The number of halogens is 2. The molecule has 1 atom stereocenters. The second-order valence-electron chi connectivity index (χ2n) is 3.92. The van der Waals surface area contributed by atoms with E-state index in [-0.39, 0.29) is 10.9 Å². The maximum Gasteiger partial charge on any atom is 0.240 e. The van der Waals surface area contributed by atoms with Crippen LogP contribution in [0.15, 0.2) is 23.1 Å².